The van der Waals surface area contributed by atoms with Gasteiger partial charge in [0.2, 0.25) is 0 Å². The van der Waals surface area contributed by atoms with Crippen molar-refractivity contribution in [2.45, 2.75) is 44.8 Å². The number of hydrogen-bond donors (Lipinski definition) is 1. The van der Waals surface area contributed by atoms with Gasteiger partial charge in [-0.15, -0.1) is 0 Å². The maximum absolute atomic E-state index is 12.3. The number of nitrogens with one attached hydrogen (secondary N) is 1. The van der Waals surface area contributed by atoms with E-state index in [1.165, 1.54) is 0 Å². The topological polar surface area (TPSA) is 31.9 Å². The second-order valence-electron chi connectivity index (χ2n) is 4.88. The highest BCUT2D eigenvalue weighted by molar-refractivity contribution is 5.18. The van der Waals surface area contributed by atoms with Gasteiger partial charge in [0.05, 0.1) is 24.4 Å². The standard InChI is InChI=1S/C12H18F3N3/c1-9-8-16-17-11(9)10-4-2-3-6-18(10)7-5-12(13,14)15/h8,10H,2-7H2,1H3,(H,16,17)/t10-/m0/s1. The largest absolute Gasteiger partial charge is 0.390 e. The van der Waals surface area contributed by atoms with E-state index in [4.69, 9.17) is 0 Å². The molecular weight excluding hydrogens is 243 g/mol. The Morgan fingerprint density at radius 2 is 2.22 bits per heavy atom. The number of H-pyrrole nitrogens is 1. The minimum Gasteiger partial charge on any atom is -0.294 e. The molecule has 0 saturated carbocycles. The Hall–Kier alpha value is -1.04. The van der Waals surface area contributed by atoms with Crippen LogP contribution in [0.2, 0.25) is 0 Å². The number of likely N-dealkylation sites (tertiary alicyclic amines) is 1. The summed E-state index contributed by atoms with van der Waals surface area (Å²) in [6, 6.07) is 0.0589. The van der Waals surface area contributed by atoms with E-state index in [1.54, 1.807) is 6.20 Å². The zero-order chi connectivity index (χ0) is 13.2. The van der Waals surface area contributed by atoms with Crippen LogP contribution >= 0.6 is 0 Å². The van der Waals surface area contributed by atoms with E-state index in [0.29, 0.717) is 0 Å². The fourth-order valence-corrected chi connectivity index (χ4v) is 2.55. The van der Waals surface area contributed by atoms with Crippen molar-refractivity contribution in [1.82, 2.24) is 15.1 Å². The molecule has 1 aromatic heterocycles. The third kappa shape index (κ3) is 3.25. The number of rotatable bonds is 3. The summed E-state index contributed by atoms with van der Waals surface area (Å²) in [4.78, 5) is 1.93. The molecule has 0 radical (unpaired) electrons. The minimum atomic E-state index is -4.08. The molecule has 1 aliphatic rings. The van der Waals surface area contributed by atoms with Crippen molar-refractivity contribution in [1.29, 1.82) is 0 Å². The van der Waals surface area contributed by atoms with Gasteiger partial charge in [-0.1, -0.05) is 6.42 Å². The molecule has 102 valence electrons. The summed E-state index contributed by atoms with van der Waals surface area (Å²) in [5, 5.41) is 6.90. The Labute approximate surface area is 104 Å². The quantitative estimate of drug-likeness (QED) is 0.906. The van der Waals surface area contributed by atoms with Gasteiger partial charge in [0.15, 0.2) is 0 Å². The number of halogens is 3. The highest BCUT2D eigenvalue weighted by Gasteiger charge is 2.32. The lowest BCUT2D eigenvalue weighted by Gasteiger charge is -2.35. The number of hydrogen-bond acceptors (Lipinski definition) is 2. The lowest BCUT2D eigenvalue weighted by Crippen LogP contribution is -2.36. The molecular formula is C12H18F3N3. The van der Waals surface area contributed by atoms with Crippen LogP contribution < -0.4 is 0 Å². The maximum atomic E-state index is 12.3. The molecule has 1 N–H and O–H groups in total. The third-order valence-corrected chi connectivity index (χ3v) is 3.50. The van der Waals surface area contributed by atoms with Gasteiger partial charge in [-0.05, 0) is 31.9 Å². The summed E-state index contributed by atoms with van der Waals surface area (Å²) >= 11 is 0. The van der Waals surface area contributed by atoms with Crippen molar-refractivity contribution in [3.63, 3.8) is 0 Å². The van der Waals surface area contributed by atoms with Gasteiger partial charge in [0.25, 0.3) is 0 Å². The number of aromatic amines is 1. The molecule has 0 bridgehead atoms. The molecule has 18 heavy (non-hydrogen) atoms. The van der Waals surface area contributed by atoms with Gasteiger partial charge >= 0.3 is 6.18 Å². The molecule has 0 amide bonds. The van der Waals surface area contributed by atoms with Gasteiger partial charge in [0, 0.05) is 6.54 Å². The molecule has 6 heteroatoms. The molecule has 1 aliphatic heterocycles. The Balaban J connectivity index is 2.05. The van der Waals surface area contributed by atoms with E-state index >= 15 is 0 Å². The molecule has 2 heterocycles. The smallest absolute Gasteiger partial charge is 0.294 e. The van der Waals surface area contributed by atoms with Gasteiger partial charge in [-0.25, -0.2) is 0 Å². The van der Waals surface area contributed by atoms with Crippen molar-refractivity contribution in [3.8, 4) is 0 Å². The molecule has 1 fully saturated rings. The number of aromatic nitrogens is 2. The third-order valence-electron chi connectivity index (χ3n) is 3.50. The van der Waals surface area contributed by atoms with Gasteiger partial charge < -0.3 is 0 Å². The summed E-state index contributed by atoms with van der Waals surface area (Å²) in [7, 11) is 0. The van der Waals surface area contributed by atoms with Crippen molar-refractivity contribution in [2.75, 3.05) is 13.1 Å². The molecule has 0 spiro atoms. The van der Waals surface area contributed by atoms with E-state index < -0.39 is 12.6 Å². The predicted molar refractivity (Wildman–Crippen MR) is 62.2 cm³/mol. The zero-order valence-corrected chi connectivity index (χ0v) is 10.4. The highest BCUT2D eigenvalue weighted by Crippen LogP contribution is 2.32. The fraction of sp³-hybridized carbons (Fsp3) is 0.750. The first-order chi connectivity index (χ1) is 8.47. The van der Waals surface area contributed by atoms with E-state index in [9.17, 15) is 13.2 Å². The zero-order valence-electron chi connectivity index (χ0n) is 10.4. The summed E-state index contributed by atoms with van der Waals surface area (Å²) < 4.78 is 36.9. The second kappa shape index (κ2) is 5.30. The first-order valence-corrected chi connectivity index (χ1v) is 6.28. The van der Waals surface area contributed by atoms with Gasteiger partial charge in [0.1, 0.15) is 0 Å². The highest BCUT2D eigenvalue weighted by atomic mass is 19.4. The molecule has 0 unspecified atom stereocenters. The second-order valence-corrected chi connectivity index (χ2v) is 4.88. The molecule has 3 nitrogen and oxygen atoms in total. The molecule has 0 aliphatic carbocycles. The van der Waals surface area contributed by atoms with Crippen LogP contribution in [-0.2, 0) is 0 Å². The summed E-state index contributed by atoms with van der Waals surface area (Å²) in [5.41, 5.74) is 2.00. The molecule has 0 aromatic carbocycles. The van der Waals surface area contributed by atoms with Gasteiger partial charge in [-0.2, -0.15) is 18.3 Å². The first-order valence-electron chi connectivity index (χ1n) is 6.28. The SMILES string of the molecule is Cc1cn[nH]c1[C@@H]1CCCCN1CCC(F)(F)F. The molecule has 2 rings (SSSR count). The summed E-state index contributed by atoms with van der Waals surface area (Å²) in [5.74, 6) is 0. The summed E-state index contributed by atoms with van der Waals surface area (Å²) in [6.45, 7) is 2.75. The van der Waals surface area contributed by atoms with Gasteiger partial charge in [-0.3, -0.25) is 10.00 Å². The van der Waals surface area contributed by atoms with E-state index in [0.717, 1.165) is 37.1 Å². The number of nitrogens with zero attached hydrogens (tertiary/aromatic N) is 2. The van der Waals surface area contributed by atoms with Crippen molar-refractivity contribution in [2.24, 2.45) is 0 Å². The Kier molecular flexibility index (Phi) is 3.94. The lowest BCUT2D eigenvalue weighted by molar-refractivity contribution is -0.140. The van der Waals surface area contributed by atoms with E-state index in [-0.39, 0.29) is 12.6 Å². The molecule has 1 atom stereocenters. The average Bonchev–Trinajstić information content (AvgIpc) is 2.72. The van der Waals surface area contributed by atoms with Crippen LogP contribution in [0.3, 0.4) is 0 Å². The Bertz CT molecular complexity index is 386. The van der Waals surface area contributed by atoms with Crippen LogP contribution in [0.25, 0.3) is 0 Å². The lowest BCUT2D eigenvalue weighted by atomic mass is 9.97. The van der Waals surface area contributed by atoms with E-state index in [1.807, 2.05) is 11.8 Å². The van der Waals surface area contributed by atoms with Crippen molar-refractivity contribution >= 4 is 0 Å². The first kappa shape index (κ1) is 13.4. The average molecular weight is 261 g/mol. The van der Waals surface area contributed by atoms with Crippen LogP contribution in [0.4, 0.5) is 13.2 Å². The van der Waals surface area contributed by atoms with Crippen molar-refractivity contribution < 1.29 is 13.2 Å². The van der Waals surface area contributed by atoms with E-state index in [2.05, 4.69) is 10.2 Å². The Morgan fingerprint density at radius 1 is 1.44 bits per heavy atom. The van der Waals surface area contributed by atoms with Crippen molar-refractivity contribution in [3.05, 3.63) is 17.5 Å². The normalized spacial score (nSPS) is 22.3. The Morgan fingerprint density at radius 3 is 2.83 bits per heavy atom. The minimum absolute atomic E-state index is 0.0589. The molecule has 1 saturated heterocycles. The predicted octanol–water partition coefficient (Wildman–Crippen LogP) is 3.20. The fourth-order valence-electron chi connectivity index (χ4n) is 2.55. The summed E-state index contributed by atoms with van der Waals surface area (Å²) in [6.07, 6.45) is -0.151. The number of alkyl halides is 3. The monoisotopic (exact) mass is 261 g/mol. The van der Waals surface area contributed by atoms with Crippen LogP contribution in [0.15, 0.2) is 6.20 Å². The van der Waals surface area contributed by atoms with Crippen LogP contribution in [0.5, 0.6) is 0 Å². The number of piperidine rings is 1. The van der Waals surface area contributed by atoms with Crippen LogP contribution in [-0.4, -0.2) is 34.4 Å². The maximum Gasteiger partial charge on any atom is 0.390 e. The number of aryl methyl sites for hydroxylation is 1. The van der Waals surface area contributed by atoms with Crippen LogP contribution in [0, 0.1) is 6.92 Å². The van der Waals surface area contributed by atoms with Crippen LogP contribution in [0.1, 0.15) is 43.0 Å². The molecule has 1 aromatic rings.